The Kier molecular flexibility index (Phi) is 0.475. The molecule has 2 aromatic carbocycles. The van der Waals surface area contributed by atoms with E-state index in [9.17, 15) is 0 Å². The van der Waals surface area contributed by atoms with E-state index in [1.165, 1.54) is 51.9 Å². The molecule has 0 aromatic heterocycles. The van der Waals surface area contributed by atoms with Crippen LogP contribution in [0, 0.1) is 0 Å². The van der Waals surface area contributed by atoms with Crippen LogP contribution in [0.2, 0.25) is 47.9 Å². The van der Waals surface area contributed by atoms with Crippen molar-refractivity contribution in [3.05, 3.63) is 71.8 Å². The van der Waals surface area contributed by atoms with Crippen molar-refractivity contribution in [2.75, 3.05) is 0 Å². The van der Waals surface area contributed by atoms with Crippen LogP contribution in [0.5, 0.6) is 0 Å². The molecule has 0 nitrogen and oxygen atoms in total. The molecule has 0 aliphatic carbocycles. The summed E-state index contributed by atoms with van der Waals surface area (Å²) in [5, 5.41) is 0. The van der Waals surface area contributed by atoms with E-state index in [2.05, 4.69) is 60.7 Å². The Morgan fingerprint density at radius 3 is 1.24 bits per heavy atom. The molecule has 12 rings (SSSR count). The van der Waals surface area contributed by atoms with E-state index in [0.717, 1.165) is 8.77 Å². The van der Waals surface area contributed by atoms with Crippen molar-refractivity contribution in [1.29, 1.82) is 0 Å². The first kappa shape index (κ1) is 10.3. The Labute approximate surface area is 138 Å². The van der Waals surface area contributed by atoms with Crippen LogP contribution < -0.4 is 0 Å². The molecular weight excluding hydrogens is 347 g/mol. The van der Waals surface area contributed by atoms with Gasteiger partial charge in [-0.1, -0.05) is 0 Å². The molecule has 10 heterocycles. The average molecular weight is 369 g/mol. The summed E-state index contributed by atoms with van der Waals surface area (Å²) in [6.45, 7) is 0. The summed E-state index contributed by atoms with van der Waals surface area (Å²) in [6, 6.07) is 23.4. The van der Waals surface area contributed by atoms with Crippen molar-refractivity contribution in [2.45, 2.75) is 60.7 Å². The summed E-state index contributed by atoms with van der Waals surface area (Å²) in [5.74, 6) is 0. The van der Waals surface area contributed by atoms with E-state index in [0.29, 0.717) is 0 Å². The van der Waals surface area contributed by atoms with Crippen molar-refractivity contribution < 1.29 is 6.23 Å². The second-order valence-electron chi connectivity index (χ2n) is 12.6. The monoisotopic (exact) mass is 368 g/mol. The van der Waals surface area contributed by atoms with Gasteiger partial charge in [0.25, 0.3) is 0 Å². The molecule has 0 amide bonds. The van der Waals surface area contributed by atoms with E-state index in [1.807, 2.05) is 0 Å². The standard InChI is InChI=1S/2C12H11.Ni/c2*1-2-6-11(7-3-1)10-12-8-4-5-9-12;/h2*1-9H,10H2;. The Hall–Kier alpha value is -1.07. The predicted molar refractivity (Wildman–Crippen MR) is 95.7 cm³/mol. The van der Waals surface area contributed by atoms with Gasteiger partial charge in [0.15, 0.2) is 0 Å². The van der Waals surface area contributed by atoms with Crippen molar-refractivity contribution >= 4 is 0 Å². The molecule has 0 bridgehead atoms. The van der Waals surface area contributed by atoms with Gasteiger partial charge in [-0.25, -0.2) is 0 Å². The van der Waals surface area contributed by atoms with E-state index >= 15 is 0 Å². The Bertz CT molecular complexity index is 1360. The fourth-order valence-electron chi connectivity index (χ4n) is 18.2. The van der Waals surface area contributed by atoms with E-state index in [1.54, 1.807) is 11.1 Å². The van der Waals surface area contributed by atoms with E-state index in [-0.39, 0.29) is 0 Å². The molecule has 1 heteroatoms. The van der Waals surface area contributed by atoms with Crippen molar-refractivity contribution in [3.63, 3.8) is 0 Å². The summed E-state index contributed by atoms with van der Waals surface area (Å²) in [5.41, 5.74) is 3.39. The molecule has 10 aliphatic heterocycles. The van der Waals surface area contributed by atoms with Crippen LogP contribution in [0.4, 0.5) is 0 Å². The third kappa shape index (κ3) is 0.160. The molecule has 1 spiro atoms. The molecule has 10 saturated heterocycles. The van der Waals surface area contributed by atoms with Gasteiger partial charge in [-0.15, -0.1) is 0 Å². The molecule has 2 aromatic rings. The molecule has 25 heavy (non-hydrogen) atoms. The van der Waals surface area contributed by atoms with Crippen LogP contribution in [-0.2, 0) is 19.1 Å². The fourth-order valence-corrected chi connectivity index (χ4v) is 84.9. The number of rotatable bonds is 4. The molecular formula is C24H22Ni. The van der Waals surface area contributed by atoms with Crippen LogP contribution >= 0.6 is 0 Å². The van der Waals surface area contributed by atoms with Crippen molar-refractivity contribution in [2.24, 2.45) is 0 Å². The van der Waals surface area contributed by atoms with Crippen molar-refractivity contribution in [1.82, 2.24) is 0 Å². The van der Waals surface area contributed by atoms with Gasteiger partial charge in [0, 0.05) is 0 Å². The first-order valence-electron chi connectivity index (χ1n) is 10.2. The maximum atomic E-state index is 2.45. The van der Waals surface area contributed by atoms with Gasteiger partial charge in [0.05, 0.1) is 0 Å². The zero-order valence-electron chi connectivity index (χ0n) is 14.1. The average Bonchev–Trinajstić information content (AvgIpc) is 3.60. The third-order valence-electron chi connectivity index (χ3n) is 16.6. The molecule has 8 unspecified atom stereocenters. The van der Waals surface area contributed by atoms with Crippen molar-refractivity contribution in [3.8, 4) is 0 Å². The number of hydrogen-bond acceptors (Lipinski definition) is 0. The second kappa shape index (κ2) is 1.15. The summed E-state index contributed by atoms with van der Waals surface area (Å²) in [7, 11) is 0. The molecule has 0 radical (unpaired) electrons. The number of benzene rings is 2. The van der Waals surface area contributed by atoms with Gasteiger partial charge in [-0.2, -0.15) is 0 Å². The van der Waals surface area contributed by atoms with Crippen LogP contribution in [-0.4, -0.2) is 0 Å². The fraction of sp³-hybridized carbons (Fsp3) is 0.500. The van der Waals surface area contributed by atoms with Crippen LogP contribution in [0.25, 0.3) is 0 Å². The van der Waals surface area contributed by atoms with Crippen LogP contribution in [0.1, 0.15) is 11.1 Å². The topological polar surface area (TPSA) is 0 Å². The Morgan fingerprint density at radius 1 is 0.560 bits per heavy atom. The zero-order chi connectivity index (χ0) is 15.6. The molecule has 0 saturated carbocycles. The maximum absolute atomic E-state index is 3.00. The number of fused-ring (bicyclic) bond motifs is 10. The molecule has 10 aliphatic rings. The second-order valence-corrected chi connectivity index (χ2v) is 33.6. The van der Waals surface area contributed by atoms with Gasteiger partial charge in [-0.3, -0.25) is 0 Å². The first-order chi connectivity index (χ1) is 12.1. The Balaban J connectivity index is 1.20. The first-order valence-corrected chi connectivity index (χ1v) is 15.7. The van der Waals surface area contributed by atoms with Gasteiger partial charge >= 0.3 is 139 Å². The van der Waals surface area contributed by atoms with E-state index < -0.39 is 6.23 Å². The zero-order valence-corrected chi connectivity index (χ0v) is 15.1. The molecule has 8 atom stereocenters. The van der Waals surface area contributed by atoms with Gasteiger partial charge in [0.1, 0.15) is 0 Å². The molecule has 10 fully saturated rings. The Morgan fingerprint density at radius 2 is 0.920 bits per heavy atom. The van der Waals surface area contributed by atoms with E-state index in [4.69, 9.17) is 0 Å². The summed E-state index contributed by atoms with van der Waals surface area (Å²) >= 11 is 0. The quantitative estimate of drug-likeness (QED) is 0.533. The minimum atomic E-state index is -3.00. The summed E-state index contributed by atoms with van der Waals surface area (Å²) < 4.78 is 1.96. The molecule has 0 N–H and O–H groups in total. The normalized spacial score (nSPS) is 87.5. The molecule has 128 valence electrons. The summed E-state index contributed by atoms with van der Waals surface area (Å²) in [6.07, 6.45) is 0.0452. The van der Waals surface area contributed by atoms with Crippen LogP contribution in [0.15, 0.2) is 60.7 Å². The minimum absolute atomic E-state index is 0.978. The summed E-state index contributed by atoms with van der Waals surface area (Å²) in [4.78, 5) is 11.1. The number of hydrogen-bond donors (Lipinski definition) is 0. The SMILES string of the molecule is c1ccc(C[C]23[CH]4[CH]5[CH]6[CH]2[Ni]56432789[CH]3[CH]2[CH]7[C]8(Cc2ccccc2)[CH]39)cc1. The van der Waals surface area contributed by atoms with Crippen LogP contribution in [0.3, 0.4) is 0 Å². The van der Waals surface area contributed by atoms with Gasteiger partial charge in [0.2, 0.25) is 0 Å². The van der Waals surface area contributed by atoms with Gasteiger partial charge < -0.3 is 0 Å². The third-order valence-corrected chi connectivity index (χ3v) is 55.9. The van der Waals surface area contributed by atoms with Gasteiger partial charge in [-0.05, 0) is 0 Å². The predicted octanol–water partition coefficient (Wildman–Crippen LogP) is 6.60.